The molecule has 0 amide bonds. The van der Waals surface area contributed by atoms with Gasteiger partial charge in [-0.25, -0.2) is 0 Å². The van der Waals surface area contributed by atoms with Crippen LogP contribution in [0, 0.1) is 23.2 Å². The van der Waals surface area contributed by atoms with E-state index in [1.807, 2.05) is 13.8 Å². The van der Waals surface area contributed by atoms with E-state index in [1.165, 1.54) is 0 Å². The van der Waals surface area contributed by atoms with E-state index in [0.717, 1.165) is 0 Å². The monoisotopic (exact) mass is 235 g/mol. The fraction of sp³-hybridized carbons (Fsp3) is 0.385. The first-order chi connectivity index (χ1) is 7.54. The third kappa shape index (κ3) is 3.36. The van der Waals surface area contributed by atoms with Crippen LogP contribution in [0.3, 0.4) is 0 Å². The third-order valence-corrected chi connectivity index (χ3v) is 2.52. The summed E-state index contributed by atoms with van der Waals surface area (Å²) in [5.74, 6) is -0.384. The minimum absolute atomic E-state index is 0.140. The van der Waals surface area contributed by atoms with Gasteiger partial charge >= 0.3 is 0 Å². The van der Waals surface area contributed by atoms with Crippen molar-refractivity contribution in [3.63, 3.8) is 0 Å². The molecule has 1 aromatic carbocycles. The summed E-state index contributed by atoms with van der Waals surface area (Å²) in [4.78, 5) is 12.0. The van der Waals surface area contributed by atoms with Gasteiger partial charge in [-0.05, 0) is 24.5 Å². The van der Waals surface area contributed by atoms with Crippen LogP contribution in [0.4, 0.5) is 0 Å². The number of carbonyl (C=O) groups is 1. The molecule has 0 heterocycles. The summed E-state index contributed by atoms with van der Waals surface area (Å²) >= 11 is 5.81. The van der Waals surface area contributed by atoms with Crippen molar-refractivity contribution in [3.05, 3.63) is 34.9 Å². The molecule has 16 heavy (non-hydrogen) atoms. The lowest BCUT2D eigenvalue weighted by atomic mass is 9.91. The van der Waals surface area contributed by atoms with Crippen LogP contribution in [0.1, 0.15) is 30.6 Å². The number of nitrogens with zero attached hydrogens (tertiary/aromatic N) is 1. The number of hydrogen-bond donors (Lipinski definition) is 0. The van der Waals surface area contributed by atoms with Crippen molar-refractivity contribution in [2.24, 2.45) is 11.8 Å². The van der Waals surface area contributed by atoms with Gasteiger partial charge in [0.25, 0.3) is 0 Å². The molecule has 3 heteroatoms. The first-order valence-electron chi connectivity index (χ1n) is 5.24. The molecule has 1 atom stereocenters. The Morgan fingerprint density at radius 3 is 2.69 bits per heavy atom. The Labute approximate surface area is 101 Å². The van der Waals surface area contributed by atoms with Gasteiger partial charge in [-0.15, -0.1) is 0 Å². The summed E-state index contributed by atoms with van der Waals surface area (Å²) in [6.45, 7) is 3.99. The quantitative estimate of drug-likeness (QED) is 0.747. The SMILES string of the molecule is CC(C)CC(C#N)C(=O)c1cccc(Cl)c1. The lowest BCUT2D eigenvalue weighted by Crippen LogP contribution is -2.15. The van der Waals surface area contributed by atoms with Crippen molar-refractivity contribution in [2.75, 3.05) is 0 Å². The number of hydrogen-bond acceptors (Lipinski definition) is 2. The van der Waals surface area contributed by atoms with Crippen LogP contribution in [-0.4, -0.2) is 5.78 Å². The van der Waals surface area contributed by atoms with Crippen LogP contribution in [-0.2, 0) is 0 Å². The number of Topliss-reactive ketones (excluding diaryl/α,β-unsaturated/α-hetero) is 1. The summed E-state index contributed by atoms with van der Waals surface area (Å²) < 4.78 is 0. The first kappa shape index (κ1) is 12.7. The second-order valence-electron chi connectivity index (χ2n) is 4.19. The van der Waals surface area contributed by atoms with Crippen molar-refractivity contribution in [3.8, 4) is 6.07 Å². The van der Waals surface area contributed by atoms with E-state index in [4.69, 9.17) is 16.9 Å². The summed E-state index contributed by atoms with van der Waals surface area (Å²) in [7, 11) is 0. The van der Waals surface area contributed by atoms with E-state index >= 15 is 0 Å². The highest BCUT2D eigenvalue weighted by Gasteiger charge is 2.20. The van der Waals surface area contributed by atoms with Gasteiger partial charge in [-0.3, -0.25) is 4.79 Å². The molecule has 84 valence electrons. The molecular formula is C13H14ClNO. The summed E-state index contributed by atoms with van der Waals surface area (Å²) in [5.41, 5.74) is 0.514. The molecule has 0 saturated carbocycles. The zero-order valence-electron chi connectivity index (χ0n) is 9.40. The van der Waals surface area contributed by atoms with E-state index in [2.05, 4.69) is 6.07 Å². The van der Waals surface area contributed by atoms with E-state index in [0.29, 0.717) is 22.9 Å². The molecule has 0 aliphatic rings. The summed E-state index contributed by atoms with van der Waals surface area (Å²) in [5, 5.41) is 9.49. The van der Waals surface area contributed by atoms with Crippen molar-refractivity contribution in [2.45, 2.75) is 20.3 Å². The lowest BCUT2D eigenvalue weighted by Gasteiger charge is -2.10. The van der Waals surface area contributed by atoms with Crippen LogP contribution < -0.4 is 0 Å². The van der Waals surface area contributed by atoms with E-state index in [1.54, 1.807) is 24.3 Å². The molecule has 0 spiro atoms. The molecule has 0 aliphatic carbocycles. The van der Waals surface area contributed by atoms with Crippen LogP contribution in [0.5, 0.6) is 0 Å². The first-order valence-corrected chi connectivity index (χ1v) is 5.61. The highest BCUT2D eigenvalue weighted by Crippen LogP contribution is 2.19. The molecule has 0 fully saturated rings. The Morgan fingerprint density at radius 1 is 1.50 bits per heavy atom. The lowest BCUT2D eigenvalue weighted by molar-refractivity contribution is 0.0937. The average Bonchev–Trinajstić information content (AvgIpc) is 2.24. The Kier molecular flexibility index (Phi) is 4.52. The van der Waals surface area contributed by atoms with Crippen molar-refractivity contribution < 1.29 is 4.79 Å². The maximum Gasteiger partial charge on any atom is 0.180 e. The van der Waals surface area contributed by atoms with Gasteiger partial charge in [0.15, 0.2) is 5.78 Å². The van der Waals surface area contributed by atoms with Crippen molar-refractivity contribution in [1.29, 1.82) is 5.26 Å². The molecule has 0 N–H and O–H groups in total. The maximum absolute atomic E-state index is 12.0. The second kappa shape index (κ2) is 5.67. The predicted molar refractivity (Wildman–Crippen MR) is 64.3 cm³/mol. The van der Waals surface area contributed by atoms with Crippen molar-refractivity contribution in [1.82, 2.24) is 0 Å². The average molecular weight is 236 g/mol. The topological polar surface area (TPSA) is 40.9 Å². The van der Waals surface area contributed by atoms with Gasteiger partial charge in [0.2, 0.25) is 0 Å². The number of ketones is 1. The Hall–Kier alpha value is -1.33. The smallest absolute Gasteiger partial charge is 0.180 e. The summed E-state index contributed by atoms with van der Waals surface area (Å²) in [6.07, 6.45) is 0.585. The van der Waals surface area contributed by atoms with Gasteiger partial charge in [-0.2, -0.15) is 5.26 Å². The minimum Gasteiger partial charge on any atom is -0.293 e. The zero-order valence-corrected chi connectivity index (χ0v) is 10.2. The predicted octanol–water partition coefficient (Wildman–Crippen LogP) is 3.71. The van der Waals surface area contributed by atoms with Crippen LogP contribution >= 0.6 is 11.6 Å². The molecule has 1 rings (SSSR count). The largest absolute Gasteiger partial charge is 0.293 e. The van der Waals surface area contributed by atoms with Gasteiger partial charge in [0.1, 0.15) is 5.92 Å². The molecule has 0 aromatic heterocycles. The normalized spacial score (nSPS) is 12.2. The molecule has 1 aromatic rings. The molecule has 0 bridgehead atoms. The molecule has 0 aliphatic heterocycles. The Morgan fingerprint density at radius 2 is 2.19 bits per heavy atom. The fourth-order valence-electron chi connectivity index (χ4n) is 1.53. The van der Waals surface area contributed by atoms with Crippen LogP contribution in [0.25, 0.3) is 0 Å². The maximum atomic E-state index is 12.0. The number of nitriles is 1. The highest BCUT2D eigenvalue weighted by atomic mass is 35.5. The van der Waals surface area contributed by atoms with Gasteiger partial charge in [-0.1, -0.05) is 37.6 Å². The van der Waals surface area contributed by atoms with Gasteiger partial charge in [0, 0.05) is 10.6 Å². The molecule has 2 nitrogen and oxygen atoms in total. The zero-order chi connectivity index (χ0) is 12.1. The van der Waals surface area contributed by atoms with E-state index < -0.39 is 5.92 Å². The summed E-state index contributed by atoms with van der Waals surface area (Å²) in [6, 6.07) is 8.79. The van der Waals surface area contributed by atoms with E-state index in [-0.39, 0.29) is 5.78 Å². The third-order valence-electron chi connectivity index (χ3n) is 2.29. The fourth-order valence-corrected chi connectivity index (χ4v) is 1.72. The van der Waals surface area contributed by atoms with Gasteiger partial charge < -0.3 is 0 Å². The second-order valence-corrected chi connectivity index (χ2v) is 4.62. The van der Waals surface area contributed by atoms with E-state index in [9.17, 15) is 4.79 Å². The van der Waals surface area contributed by atoms with Crippen LogP contribution in [0.2, 0.25) is 5.02 Å². The standard InChI is InChI=1S/C13H14ClNO/c1-9(2)6-11(8-15)13(16)10-4-3-5-12(14)7-10/h3-5,7,9,11H,6H2,1-2H3. The van der Waals surface area contributed by atoms with Crippen molar-refractivity contribution >= 4 is 17.4 Å². The molecule has 0 saturated heterocycles. The number of benzene rings is 1. The minimum atomic E-state index is -0.571. The number of rotatable bonds is 4. The number of halogens is 1. The molecular weight excluding hydrogens is 222 g/mol. The molecule has 1 unspecified atom stereocenters. The Bertz CT molecular complexity index is 420. The number of carbonyl (C=O) groups excluding carboxylic acids is 1. The highest BCUT2D eigenvalue weighted by molar-refractivity contribution is 6.31. The van der Waals surface area contributed by atoms with Crippen LogP contribution in [0.15, 0.2) is 24.3 Å². The molecule has 0 radical (unpaired) electrons. The van der Waals surface area contributed by atoms with Gasteiger partial charge in [0.05, 0.1) is 6.07 Å². The Balaban J connectivity index is 2.88.